The number of nitrogens with zero attached hydrogens (tertiary/aromatic N) is 2. The number of rotatable bonds is 5. The van der Waals surface area contributed by atoms with Crippen LogP contribution in [0.3, 0.4) is 0 Å². The van der Waals surface area contributed by atoms with Crippen LogP contribution >= 0.6 is 15.9 Å². The van der Waals surface area contributed by atoms with Crippen LogP contribution in [0.5, 0.6) is 0 Å². The first-order chi connectivity index (χ1) is 9.61. The molecular formula is C13H21BrN4O2. The molecule has 0 unspecified atom stereocenters. The number of anilines is 1. The maximum Gasteiger partial charge on any atom is 0.283 e. The van der Waals surface area contributed by atoms with E-state index < -0.39 is 0 Å². The van der Waals surface area contributed by atoms with Crippen LogP contribution < -0.4 is 16.6 Å². The van der Waals surface area contributed by atoms with Gasteiger partial charge in [0.1, 0.15) is 4.47 Å². The van der Waals surface area contributed by atoms with E-state index >= 15 is 0 Å². The summed E-state index contributed by atoms with van der Waals surface area (Å²) in [7, 11) is 1.60. The van der Waals surface area contributed by atoms with E-state index in [1.165, 1.54) is 4.68 Å². The lowest BCUT2D eigenvalue weighted by Crippen LogP contribution is -2.34. The lowest BCUT2D eigenvalue weighted by Gasteiger charge is -2.27. The van der Waals surface area contributed by atoms with Gasteiger partial charge in [0.15, 0.2) is 0 Å². The van der Waals surface area contributed by atoms with E-state index in [0.717, 1.165) is 31.4 Å². The van der Waals surface area contributed by atoms with E-state index in [0.29, 0.717) is 29.7 Å². The minimum atomic E-state index is -0.139. The number of nitrogens with one attached hydrogen (secondary N) is 1. The van der Waals surface area contributed by atoms with Crippen LogP contribution in [0, 0.1) is 0 Å². The molecule has 112 valence electrons. The number of nitrogens with two attached hydrogens (primary N) is 1. The fourth-order valence-corrected chi connectivity index (χ4v) is 2.81. The van der Waals surface area contributed by atoms with E-state index in [2.05, 4.69) is 26.3 Å². The molecule has 7 heteroatoms. The summed E-state index contributed by atoms with van der Waals surface area (Å²) >= 11 is 3.36. The van der Waals surface area contributed by atoms with Gasteiger partial charge in [0.25, 0.3) is 5.56 Å². The zero-order valence-corrected chi connectivity index (χ0v) is 13.2. The summed E-state index contributed by atoms with van der Waals surface area (Å²) < 4.78 is 6.88. The third-order valence-electron chi connectivity index (χ3n) is 3.62. The molecule has 1 aliphatic carbocycles. The zero-order valence-electron chi connectivity index (χ0n) is 11.6. The van der Waals surface area contributed by atoms with Crippen molar-refractivity contribution in [2.24, 2.45) is 5.73 Å². The Hall–Kier alpha value is -0.920. The Bertz CT molecular complexity index is 498. The highest BCUT2D eigenvalue weighted by atomic mass is 79.9. The minimum Gasteiger partial charge on any atom is -0.383 e. The van der Waals surface area contributed by atoms with Crippen molar-refractivity contribution in [3.8, 4) is 0 Å². The van der Waals surface area contributed by atoms with Crippen LogP contribution in [0.15, 0.2) is 15.5 Å². The van der Waals surface area contributed by atoms with Gasteiger partial charge in [0, 0.05) is 19.2 Å². The van der Waals surface area contributed by atoms with Gasteiger partial charge in [-0.15, -0.1) is 0 Å². The third kappa shape index (κ3) is 3.80. The van der Waals surface area contributed by atoms with Gasteiger partial charge >= 0.3 is 0 Å². The second-order valence-corrected chi connectivity index (χ2v) is 5.94. The molecule has 2 rings (SSSR count). The fraction of sp³-hybridized carbons (Fsp3) is 0.692. The van der Waals surface area contributed by atoms with Gasteiger partial charge in [0.05, 0.1) is 25.0 Å². The monoisotopic (exact) mass is 344 g/mol. The summed E-state index contributed by atoms with van der Waals surface area (Å²) in [6.07, 6.45) is 5.79. The molecule has 0 aromatic carbocycles. The summed E-state index contributed by atoms with van der Waals surface area (Å²) in [5.74, 6) is 0. The Morgan fingerprint density at radius 2 is 2.20 bits per heavy atom. The molecule has 1 saturated carbocycles. The Balaban J connectivity index is 2.05. The Labute approximate surface area is 126 Å². The number of hydrogen-bond donors (Lipinski definition) is 2. The molecule has 0 bridgehead atoms. The number of halogens is 1. The molecule has 1 aromatic rings. The topological polar surface area (TPSA) is 82.2 Å². The molecule has 0 spiro atoms. The Morgan fingerprint density at radius 3 is 2.85 bits per heavy atom. The highest BCUT2D eigenvalue weighted by Crippen LogP contribution is 2.23. The maximum absolute atomic E-state index is 12.1. The van der Waals surface area contributed by atoms with Gasteiger partial charge in [-0.2, -0.15) is 5.10 Å². The van der Waals surface area contributed by atoms with E-state index in [4.69, 9.17) is 10.5 Å². The molecule has 20 heavy (non-hydrogen) atoms. The second-order valence-electron chi connectivity index (χ2n) is 5.15. The van der Waals surface area contributed by atoms with Crippen LogP contribution in [-0.4, -0.2) is 35.6 Å². The molecule has 1 heterocycles. The molecule has 0 amide bonds. The Morgan fingerprint density at radius 1 is 1.50 bits per heavy atom. The summed E-state index contributed by atoms with van der Waals surface area (Å²) in [6.45, 7) is 0.916. The van der Waals surface area contributed by atoms with E-state index in [1.54, 1.807) is 13.3 Å². The van der Waals surface area contributed by atoms with Gasteiger partial charge in [-0.3, -0.25) is 4.79 Å². The van der Waals surface area contributed by atoms with Crippen LogP contribution in [0.1, 0.15) is 25.7 Å². The van der Waals surface area contributed by atoms with Crippen LogP contribution in [-0.2, 0) is 11.3 Å². The van der Waals surface area contributed by atoms with Gasteiger partial charge in [0.2, 0.25) is 0 Å². The second kappa shape index (κ2) is 7.19. The van der Waals surface area contributed by atoms with Crippen molar-refractivity contribution >= 4 is 21.6 Å². The van der Waals surface area contributed by atoms with Crippen LogP contribution in [0.25, 0.3) is 0 Å². The van der Waals surface area contributed by atoms with Crippen molar-refractivity contribution in [1.29, 1.82) is 0 Å². The standard InChI is InChI=1S/C13H21BrN4O2/c1-20-7-6-18-13(19)12(14)11(8-16-18)17-10-4-2-9(15)3-5-10/h8-10,17H,2-7,15H2,1H3. The van der Waals surface area contributed by atoms with Crippen molar-refractivity contribution in [3.05, 3.63) is 21.0 Å². The smallest absolute Gasteiger partial charge is 0.283 e. The van der Waals surface area contributed by atoms with Crippen molar-refractivity contribution in [3.63, 3.8) is 0 Å². The minimum absolute atomic E-state index is 0.139. The molecule has 0 aliphatic heterocycles. The first kappa shape index (κ1) is 15.5. The Kier molecular flexibility index (Phi) is 5.56. The predicted octanol–water partition coefficient (Wildman–Crippen LogP) is 1.33. The van der Waals surface area contributed by atoms with Crippen molar-refractivity contribution in [2.45, 2.75) is 44.3 Å². The van der Waals surface area contributed by atoms with Crippen LogP contribution in [0.4, 0.5) is 5.69 Å². The summed E-state index contributed by atoms with van der Waals surface area (Å²) in [5.41, 5.74) is 6.51. The molecule has 0 saturated heterocycles. The predicted molar refractivity (Wildman–Crippen MR) is 81.9 cm³/mol. The lowest BCUT2D eigenvalue weighted by atomic mass is 9.92. The zero-order chi connectivity index (χ0) is 14.5. The van der Waals surface area contributed by atoms with Crippen molar-refractivity contribution in [2.75, 3.05) is 19.0 Å². The van der Waals surface area contributed by atoms with Gasteiger partial charge in [-0.1, -0.05) is 0 Å². The molecule has 0 radical (unpaired) electrons. The number of aromatic nitrogens is 2. The van der Waals surface area contributed by atoms with Crippen molar-refractivity contribution < 1.29 is 4.74 Å². The maximum atomic E-state index is 12.1. The average Bonchev–Trinajstić information content (AvgIpc) is 2.45. The quantitative estimate of drug-likeness (QED) is 0.842. The van der Waals surface area contributed by atoms with E-state index in [9.17, 15) is 4.79 Å². The summed E-state index contributed by atoms with van der Waals surface area (Å²) in [4.78, 5) is 12.1. The highest BCUT2D eigenvalue weighted by Gasteiger charge is 2.19. The van der Waals surface area contributed by atoms with E-state index in [-0.39, 0.29) is 5.56 Å². The number of methoxy groups -OCH3 is 1. The molecule has 0 atom stereocenters. The van der Waals surface area contributed by atoms with Crippen molar-refractivity contribution in [1.82, 2.24) is 9.78 Å². The summed E-state index contributed by atoms with van der Waals surface area (Å²) in [6, 6.07) is 0.679. The molecule has 1 fully saturated rings. The van der Waals surface area contributed by atoms with Crippen LogP contribution in [0.2, 0.25) is 0 Å². The molecule has 3 N–H and O–H groups in total. The molecule has 1 aromatic heterocycles. The molecule has 1 aliphatic rings. The highest BCUT2D eigenvalue weighted by molar-refractivity contribution is 9.10. The van der Waals surface area contributed by atoms with E-state index in [1.807, 2.05) is 0 Å². The molecular weight excluding hydrogens is 324 g/mol. The largest absolute Gasteiger partial charge is 0.383 e. The average molecular weight is 345 g/mol. The SMILES string of the molecule is COCCn1ncc(NC2CCC(N)CC2)c(Br)c1=O. The lowest BCUT2D eigenvalue weighted by molar-refractivity contribution is 0.181. The molecule has 6 nitrogen and oxygen atoms in total. The van der Waals surface area contributed by atoms with Gasteiger partial charge in [-0.25, -0.2) is 4.68 Å². The summed E-state index contributed by atoms with van der Waals surface area (Å²) in [5, 5.41) is 7.55. The first-order valence-electron chi connectivity index (χ1n) is 6.88. The first-order valence-corrected chi connectivity index (χ1v) is 7.67. The normalized spacial score (nSPS) is 22.8. The third-order valence-corrected chi connectivity index (χ3v) is 4.39. The van der Waals surface area contributed by atoms with Gasteiger partial charge in [-0.05, 0) is 41.6 Å². The van der Waals surface area contributed by atoms with Gasteiger partial charge < -0.3 is 15.8 Å². The number of hydrogen-bond acceptors (Lipinski definition) is 5. The fourth-order valence-electron chi connectivity index (χ4n) is 2.39. The number of ether oxygens (including phenoxy) is 1.